The van der Waals surface area contributed by atoms with Crippen molar-refractivity contribution in [2.24, 2.45) is 0 Å². The fourth-order valence-electron chi connectivity index (χ4n) is 2.96. The van der Waals surface area contributed by atoms with Crippen molar-refractivity contribution < 1.29 is 9.21 Å². The van der Waals surface area contributed by atoms with Crippen LogP contribution in [0.25, 0.3) is 22.0 Å². The molecule has 1 amide bonds. The van der Waals surface area contributed by atoms with Crippen molar-refractivity contribution in [1.82, 2.24) is 14.9 Å². The Balaban J connectivity index is 1.40. The third-order valence-electron chi connectivity index (χ3n) is 4.27. The summed E-state index contributed by atoms with van der Waals surface area (Å²) in [6, 6.07) is 16.6. The van der Waals surface area contributed by atoms with Crippen LogP contribution < -0.4 is 10.9 Å². The van der Waals surface area contributed by atoms with E-state index < -0.39 is 11.5 Å². The standard InChI is InChI=1S/C20H17N3O3/c24-19(15-12-14-6-1-4-9-18(14)26-20(15)25)21-10-5-11-23-13-22-16-7-2-3-8-17(16)23/h1-4,6-9,12-13H,5,10-11H2,(H,21,24). The number of hydrogen-bond donors (Lipinski definition) is 1. The van der Waals surface area contributed by atoms with E-state index in [1.54, 1.807) is 30.6 Å². The number of rotatable bonds is 5. The minimum absolute atomic E-state index is 0.0248. The van der Waals surface area contributed by atoms with Gasteiger partial charge in [0.25, 0.3) is 5.91 Å². The molecule has 0 aliphatic rings. The van der Waals surface area contributed by atoms with Gasteiger partial charge >= 0.3 is 5.63 Å². The first-order valence-corrected chi connectivity index (χ1v) is 8.43. The predicted octanol–water partition coefficient (Wildman–Crippen LogP) is 2.96. The van der Waals surface area contributed by atoms with Gasteiger partial charge in [-0.1, -0.05) is 30.3 Å². The molecule has 2 heterocycles. The van der Waals surface area contributed by atoms with Gasteiger partial charge in [0.05, 0.1) is 17.4 Å². The van der Waals surface area contributed by atoms with E-state index in [1.807, 2.05) is 34.9 Å². The molecule has 0 aliphatic carbocycles. The number of imidazole rings is 1. The maximum atomic E-state index is 12.3. The number of aryl methyl sites for hydroxylation is 1. The van der Waals surface area contributed by atoms with Crippen LogP contribution in [0.3, 0.4) is 0 Å². The summed E-state index contributed by atoms with van der Waals surface area (Å²) in [6.45, 7) is 1.19. The summed E-state index contributed by atoms with van der Waals surface area (Å²) >= 11 is 0. The number of para-hydroxylation sites is 3. The number of benzene rings is 2. The molecule has 0 unspecified atom stereocenters. The molecule has 26 heavy (non-hydrogen) atoms. The largest absolute Gasteiger partial charge is 0.422 e. The average molecular weight is 347 g/mol. The molecule has 0 radical (unpaired) electrons. The SMILES string of the molecule is O=C(NCCCn1cnc2ccccc21)c1cc2ccccc2oc1=O. The van der Waals surface area contributed by atoms with Crippen molar-refractivity contribution in [1.29, 1.82) is 0 Å². The number of aromatic nitrogens is 2. The first-order chi connectivity index (χ1) is 12.7. The zero-order valence-corrected chi connectivity index (χ0v) is 14.0. The number of nitrogens with zero attached hydrogens (tertiary/aromatic N) is 2. The smallest absolute Gasteiger partial charge is 0.349 e. The van der Waals surface area contributed by atoms with Gasteiger partial charge in [0.15, 0.2) is 0 Å². The molecular weight excluding hydrogens is 330 g/mol. The number of carbonyl (C=O) groups is 1. The quantitative estimate of drug-likeness (QED) is 0.445. The number of carbonyl (C=O) groups excluding carboxylic acids is 1. The Morgan fingerprint density at radius 3 is 2.85 bits per heavy atom. The van der Waals surface area contributed by atoms with E-state index in [4.69, 9.17) is 4.42 Å². The summed E-state index contributed by atoms with van der Waals surface area (Å²) in [5.74, 6) is -0.417. The zero-order chi connectivity index (χ0) is 17.9. The highest BCUT2D eigenvalue weighted by Gasteiger charge is 2.13. The predicted molar refractivity (Wildman–Crippen MR) is 99.2 cm³/mol. The summed E-state index contributed by atoms with van der Waals surface area (Å²) in [7, 11) is 0. The van der Waals surface area contributed by atoms with Gasteiger partial charge < -0.3 is 14.3 Å². The van der Waals surface area contributed by atoms with Gasteiger partial charge in [-0.2, -0.15) is 0 Å². The topological polar surface area (TPSA) is 77.1 Å². The van der Waals surface area contributed by atoms with Gasteiger partial charge in [-0.3, -0.25) is 4.79 Å². The van der Waals surface area contributed by atoms with Crippen molar-refractivity contribution in [3.05, 3.63) is 76.9 Å². The Hall–Kier alpha value is -3.41. The number of amides is 1. The van der Waals surface area contributed by atoms with E-state index in [2.05, 4.69) is 10.3 Å². The van der Waals surface area contributed by atoms with Crippen LogP contribution in [0.2, 0.25) is 0 Å². The molecule has 0 saturated heterocycles. The first-order valence-electron chi connectivity index (χ1n) is 8.43. The lowest BCUT2D eigenvalue weighted by atomic mass is 10.2. The molecule has 6 heteroatoms. The number of fused-ring (bicyclic) bond motifs is 2. The summed E-state index contributed by atoms with van der Waals surface area (Å²) in [6.07, 6.45) is 2.52. The second-order valence-electron chi connectivity index (χ2n) is 6.02. The van der Waals surface area contributed by atoms with E-state index in [-0.39, 0.29) is 5.56 Å². The Morgan fingerprint density at radius 2 is 1.92 bits per heavy atom. The van der Waals surface area contributed by atoms with E-state index in [0.717, 1.165) is 29.4 Å². The molecule has 2 aromatic heterocycles. The highest BCUT2D eigenvalue weighted by Crippen LogP contribution is 2.13. The van der Waals surface area contributed by atoms with E-state index in [0.29, 0.717) is 12.1 Å². The molecule has 0 fully saturated rings. The molecule has 6 nitrogen and oxygen atoms in total. The Bertz CT molecular complexity index is 1140. The second kappa shape index (κ2) is 6.84. The molecule has 4 rings (SSSR count). The molecule has 0 saturated carbocycles. The van der Waals surface area contributed by atoms with Crippen LogP contribution in [0.1, 0.15) is 16.8 Å². The van der Waals surface area contributed by atoms with Crippen LogP contribution in [-0.4, -0.2) is 22.0 Å². The van der Waals surface area contributed by atoms with Gasteiger partial charge in [-0.15, -0.1) is 0 Å². The van der Waals surface area contributed by atoms with Crippen LogP contribution in [-0.2, 0) is 6.54 Å². The van der Waals surface area contributed by atoms with Crippen LogP contribution in [0.4, 0.5) is 0 Å². The van der Waals surface area contributed by atoms with Gasteiger partial charge in [0.1, 0.15) is 11.1 Å². The molecule has 0 spiro atoms. The number of nitrogens with one attached hydrogen (secondary N) is 1. The van der Waals surface area contributed by atoms with Crippen molar-refractivity contribution in [3.8, 4) is 0 Å². The molecule has 2 aromatic carbocycles. The first kappa shape index (κ1) is 16.1. The van der Waals surface area contributed by atoms with Crippen molar-refractivity contribution in [2.45, 2.75) is 13.0 Å². The number of hydrogen-bond acceptors (Lipinski definition) is 4. The molecule has 0 atom stereocenters. The van der Waals surface area contributed by atoms with Gasteiger partial charge in [0, 0.05) is 18.5 Å². The zero-order valence-electron chi connectivity index (χ0n) is 14.0. The molecule has 1 N–H and O–H groups in total. The summed E-state index contributed by atoms with van der Waals surface area (Å²) in [5, 5.41) is 3.51. The minimum Gasteiger partial charge on any atom is -0.422 e. The third-order valence-corrected chi connectivity index (χ3v) is 4.27. The van der Waals surface area contributed by atoms with Crippen molar-refractivity contribution in [2.75, 3.05) is 6.54 Å². The lowest BCUT2D eigenvalue weighted by Crippen LogP contribution is -2.29. The molecule has 4 aromatic rings. The average Bonchev–Trinajstić information content (AvgIpc) is 3.07. The van der Waals surface area contributed by atoms with Crippen LogP contribution >= 0.6 is 0 Å². The maximum absolute atomic E-state index is 12.3. The van der Waals surface area contributed by atoms with E-state index in [1.165, 1.54) is 0 Å². The van der Waals surface area contributed by atoms with Crippen molar-refractivity contribution >= 4 is 27.9 Å². The van der Waals surface area contributed by atoms with Crippen LogP contribution in [0, 0.1) is 0 Å². The fourth-order valence-corrected chi connectivity index (χ4v) is 2.96. The van der Waals surface area contributed by atoms with Gasteiger partial charge in [-0.05, 0) is 30.7 Å². The van der Waals surface area contributed by atoms with Crippen molar-refractivity contribution in [3.63, 3.8) is 0 Å². The summed E-state index contributed by atoms with van der Waals surface area (Å²) in [4.78, 5) is 28.6. The molecule has 0 aliphatic heterocycles. The minimum atomic E-state index is -0.623. The van der Waals surface area contributed by atoms with Gasteiger partial charge in [-0.25, -0.2) is 9.78 Å². The van der Waals surface area contributed by atoms with E-state index >= 15 is 0 Å². The van der Waals surface area contributed by atoms with Crippen LogP contribution in [0.5, 0.6) is 0 Å². The lowest BCUT2D eigenvalue weighted by molar-refractivity contribution is 0.0949. The Kier molecular flexibility index (Phi) is 4.23. The third kappa shape index (κ3) is 3.09. The van der Waals surface area contributed by atoms with E-state index in [9.17, 15) is 9.59 Å². The fraction of sp³-hybridized carbons (Fsp3) is 0.150. The molecule has 130 valence electrons. The lowest BCUT2D eigenvalue weighted by Gasteiger charge is -2.07. The monoisotopic (exact) mass is 347 g/mol. The second-order valence-corrected chi connectivity index (χ2v) is 6.02. The highest BCUT2D eigenvalue weighted by atomic mass is 16.4. The molecular formula is C20H17N3O3. The normalized spacial score (nSPS) is 11.1. The Labute approximate surface area is 149 Å². The Morgan fingerprint density at radius 1 is 1.12 bits per heavy atom. The van der Waals surface area contributed by atoms with Gasteiger partial charge in [0.2, 0.25) is 0 Å². The highest BCUT2D eigenvalue weighted by molar-refractivity contribution is 5.96. The summed E-state index contributed by atoms with van der Waals surface area (Å²) < 4.78 is 7.25. The molecule has 0 bridgehead atoms. The van der Waals surface area contributed by atoms with Crippen LogP contribution in [0.15, 0.2) is 70.1 Å². The maximum Gasteiger partial charge on any atom is 0.349 e. The summed E-state index contributed by atoms with van der Waals surface area (Å²) in [5.41, 5.74) is 1.89.